The molecule has 0 bridgehead atoms. The number of hydrogen-bond donors (Lipinski definition) is 1. The Hall–Kier alpha value is -1.32. The van der Waals surface area contributed by atoms with Crippen LogP contribution >= 0.6 is 0 Å². The summed E-state index contributed by atoms with van der Waals surface area (Å²) in [5, 5.41) is 13.1. The van der Waals surface area contributed by atoms with E-state index in [1.54, 1.807) is 0 Å². The number of allylic oxidation sites excluding steroid dienone is 1. The van der Waals surface area contributed by atoms with Gasteiger partial charge in [0.15, 0.2) is 0 Å². The molecule has 138 valence electrons. The number of rotatable bonds is 1. The van der Waals surface area contributed by atoms with Crippen LogP contribution in [0.5, 0.6) is 0 Å². The molecular weight excluding hydrogens is 314 g/mol. The van der Waals surface area contributed by atoms with Gasteiger partial charge >= 0.3 is 5.97 Å². The summed E-state index contributed by atoms with van der Waals surface area (Å²) in [4.78, 5) is 11.3. The lowest BCUT2D eigenvalue weighted by Crippen LogP contribution is -2.50. The maximum atomic E-state index is 11.3. The third-order valence-corrected chi connectivity index (χ3v) is 8.25. The first-order valence-corrected chi connectivity index (χ1v) is 9.96. The van der Waals surface area contributed by atoms with Gasteiger partial charge in [0.1, 0.15) is 6.10 Å². The maximum Gasteiger partial charge on any atom is 0.302 e. The lowest BCUT2D eigenvalue weighted by Gasteiger charge is -2.57. The number of carbonyl (C=O) groups excluding carboxylic acids is 1. The monoisotopic (exact) mass is 345 g/mol. The summed E-state index contributed by atoms with van der Waals surface area (Å²) in [7, 11) is 0. The fraction of sp³-hybridized carbons (Fsp3) is 0.810. The topological polar surface area (TPSA) is 58.9 Å². The van der Waals surface area contributed by atoms with Crippen molar-refractivity contribution in [2.45, 2.75) is 78.2 Å². The van der Waals surface area contributed by atoms with Crippen LogP contribution < -0.4 is 0 Å². The molecule has 3 fully saturated rings. The quantitative estimate of drug-likeness (QED) is 0.324. The van der Waals surface area contributed by atoms with E-state index < -0.39 is 0 Å². The van der Waals surface area contributed by atoms with Crippen LogP contribution in [-0.2, 0) is 9.53 Å². The van der Waals surface area contributed by atoms with E-state index in [1.807, 2.05) is 0 Å². The smallest absolute Gasteiger partial charge is 0.302 e. The van der Waals surface area contributed by atoms with Gasteiger partial charge in [-0.2, -0.15) is 0 Å². The number of nitrogens with zero attached hydrogens (tertiary/aromatic N) is 1. The van der Waals surface area contributed by atoms with Crippen LogP contribution in [-0.4, -0.2) is 23.0 Å². The number of oxime groups is 1. The average molecular weight is 345 g/mol. The Balaban J connectivity index is 1.60. The fourth-order valence-electron chi connectivity index (χ4n) is 6.92. The van der Waals surface area contributed by atoms with E-state index in [0.717, 1.165) is 50.2 Å². The minimum absolute atomic E-state index is 0.0711. The molecule has 4 heteroatoms. The summed E-state index contributed by atoms with van der Waals surface area (Å²) in [5.74, 6) is 1.93. The number of esters is 1. The van der Waals surface area contributed by atoms with E-state index in [2.05, 4.69) is 25.1 Å². The van der Waals surface area contributed by atoms with Crippen molar-refractivity contribution in [1.29, 1.82) is 0 Å². The molecule has 4 aliphatic carbocycles. The first-order valence-electron chi connectivity index (χ1n) is 9.96. The molecule has 0 amide bonds. The molecule has 1 N–H and O–H groups in total. The molecule has 0 heterocycles. The van der Waals surface area contributed by atoms with Gasteiger partial charge in [0, 0.05) is 18.8 Å². The molecule has 4 aliphatic rings. The van der Waals surface area contributed by atoms with Crippen molar-refractivity contribution < 1.29 is 14.7 Å². The standard InChI is InChI=1S/C21H31NO3/c1-13(23)25-15-8-10-20(2)14(12-15)4-5-16-17-6-7-19(22-24)21(17,3)11-9-18(16)20/h4,15-18,24H,5-12H2,1-3H3/b22-19+/t15-,16-,17-,18-,20+,21+/m1/s1. The van der Waals surface area contributed by atoms with Crippen LogP contribution in [0.25, 0.3) is 0 Å². The molecule has 6 atom stereocenters. The average Bonchev–Trinajstić information content (AvgIpc) is 2.91. The first kappa shape index (κ1) is 17.1. The van der Waals surface area contributed by atoms with E-state index in [4.69, 9.17) is 4.74 Å². The van der Waals surface area contributed by atoms with Crippen LogP contribution in [0.1, 0.15) is 72.1 Å². The number of fused-ring (bicyclic) bond motifs is 5. The third-order valence-electron chi connectivity index (χ3n) is 8.25. The summed E-state index contributed by atoms with van der Waals surface area (Å²) >= 11 is 0. The fourth-order valence-corrected chi connectivity index (χ4v) is 6.92. The molecule has 3 saturated carbocycles. The van der Waals surface area contributed by atoms with Crippen LogP contribution in [0.4, 0.5) is 0 Å². The molecule has 0 aliphatic heterocycles. The number of hydrogen-bond acceptors (Lipinski definition) is 4. The second-order valence-electron chi connectivity index (χ2n) is 9.28. The zero-order valence-electron chi connectivity index (χ0n) is 15.8. The zero-order valence-corrected chi connectivity index (χ0v) is 15.8. The molecule has 4 rings (SSSR count). The molecule has 0 aromatic rings. The Morgan fingerprint density at radius 2 is 1.92 bits per heavy atom. The van der Waals surface area contributed by atoms with Crippen molar-refractivity contribution in [1.82, 2.24) is 0 Å². The Morgan fingerprint density at radius 3 is 2.64 bits per heavy atom. The minimum Gasteiger partial charge on any atom is -0.462 e. The molecule has 0 unspecified atom stereocenters. The normalized spacial score (nSPS) is 47.5. The lowest BCUT2D eigenvalue weighted by atomic mass is 9.48. The summed E-state index contributed by atoms with van der Waals surface area (Å²) in [6.45, 7) is 6.30. The summed E-state index contributed by atoms with van der Waals surface area (Å²) in [5.41, 5.74) is 2.94. The lowest BCUT2D eigenvalue weighted by molar-refractivity contribution is -0.148. The summed E-state index contributed by atoms with van der Waals surface area (Å²) < 4.78 is 5.51. The molecular formula is C21H31NO3. The molecule has 25 heavy (non-hydrogen) atoms. The molecule has 0 saturated heterocycles. The Bertz CT molecular complexity index is 639. The minimum atomic E-state index is -0.155. The largest absolute Gasteiger partial charge is 0.462 e. The highest BCUT2D eigenvalue weighted by molar-refractivity contribution is 5.92. The van der Waals surface area contributed by atoms with Crippen molar-refractivity contribution in [2.75, 3.05) is 0 Å². The maximum absolute atomic E-state index is 11.3. The molecule has 0 spiro atoms. The van der Waals surface area contributed by atoms with Gasteiger partial charge in [-0.3, -0.25) is 4.79 Å². The molecule has 0 aromatic heterocycles. The van der Waals surface area contributed by atoms with Gasteiger partial charge in [0.2, 0.25) is 0 Å². The van der Waals surface area contributed by atoms with Gasteiger partial charge in [-0.25, -0.2) is 0 Å². The number of ether oxygens (including phenoxy) is 1. The van der Waals surface area contributed by atoms with Crippen LogP contribution in [0.3, 0.4) is 0 Å². The van der Waals surface area contributed by atoms with Crippen molar-refractivity contribution >= 4 is 11.7 Å². The Kier molecular flexibility index (Phi) is 4.01. The zero-order chi connectivity index (χ0) is 17.8. The second-order valence-corrected chi connectivity index (χ2v) is 9.28. The van der Waals surface area contributed by atoms with E-state index in [1.165, 1.54) is 25.3 Å². The predicted octanol–water partition coefficient (Wildman–Crippen LogP) is 4.71. The summed E-state index contributed by atoms with van der Waals surface area (Å²) in [6, 6.07) is 0. The highest BCUT2D eigenvalue weighted by atomic mass is 16.5. The van der Waals surface area contributed by atoms with Crippen LogP contribution in [0.15, 0.2) is 16.8 Å². The number of carbonyl (C=O) groups is 1. The van der Waals surface area contributed by atoms with Crippen molar-refractivity contribution in [3.8, 4) is 0 Å². The van der Waals surface area contributed by atoms with E-state index in [9.17, 15) is 10.0 Å². The van der Waals surface area contributed by atoms with Gasteiger partial charge < -0.3 is 9.94 Å². The SMILES string of the molecule is CC(=O)O[C@@H]1CC[C@@]2(C)C(=CC[C@H]3[C@H]2CC[C@]2(C)/C(=N/O)CC[C@H]32)C1. The molecule has 0 radical (unpaired) electrons. The highest BCUT2D eigenvalue weighted by Crippen LogP contribution is 2.64. The van der Waals surface area contributed by atoms with Crippen molar-refractivity contribution in [3.63, 3.8) is 0 Å². The van der Waals surface area contributed by atoms with Gasteiger partial charge in [-0.1, -0.05) is 30.7 Å². The van der Waals surface area contributed by atoms with E-state index in [0.29, 0.717) is 11.8 Å². The van der Waals surface area contributed by atoms with Crippen molar-refractivity contribution in [2.24, 2.45) is 33.7 Å². The van der Waals surface area contributed by atoms with Gasteiger partial charge in [0.05, 0.1) is 5.71 Å². The van der Waals surface area contributed by atoms with Crippen LogP contribution in [0, 0.1) is 28.6 Å². The highest BCUT2D eigenvalue weighted by Gasteiger charge is 2.58. The van der Waals surface area contributed by atoms with Gasteiger partial charge in [-0.05, 0) is 68.1 Å². The van der Waals surface area contributed by atoms with Gasteiger partial charge in [0.25, 0.3) is 0 Å². The van der Waals surface area contributed by atoms with E-state index >= 15 is 0 Å². The third kappa shape index (κ3) is 2.47. The van der Waals surface area contributed by atoms with E-state index in [-0.39, 0.29) is 22.9 Å². The molecule has 0 aromatic carbocycles. The first-order chi connectivity index (χ1) is 11.9. The summed E-state index contributed by atoms with van der Waals surface area (Å²) in [6.07, 6.45) is 11.2. The van der Waals surface area contributed by atoms with Gasteiger partial charge in [-0.15, -0.1) is 0 Å². The predicted molar refractivity (Wildman–Crippen MR) is 96.5 cm³/mol. The van der Waals surface area contributed by atoms with Crippen LogP contribution in [0.2, 0.25) is 0 Å². The van der Waals surface area contributed by atoms with Crippen molar-refractivity contribution in [3.05, 3.63) is 11.6 Å². The Morgan fingerprint density at radius 1 is 1.20 bits per heavy atom. The molecule has 4 nitrogen and oxygen atoms in total. The Labute approximate surface area is 150 Å². The second kappa shape index (κ2) is 5.85.